The minimum atomic E-state index is -3.77. The van der Waals surface area contributed by atoms with Crippen molar-refractivity contribution < 1.29 is 22.7 Å². The summed E-state index contributed by atoms with van der Waals surface area (Å²) in [4.78, 5) is 29.5. The number of methoxy groups -OCH3 is 1. The van der Waals surface area contributed by atoms with E-state index in [1.807, 2.05) is 4.57 Å². The number of amides is 1. The smallest absolute Gasteiger partial charge is 0.337 e. The van der Waals surface area contributed by atoms with E-state index in [2.05, 4.69) is 24.7 Å². The van der Waals surface area contributed by atoms with E-state index in [4.69, 9.17) is 4.74 Å². The summed E-state index contributed by atoms with van der Waals surface area (Å²) in [6, 6.07) is 10.7. The van der Waals surface area contributed by atoms with Crippen molar-refractivity contribution in [1.29, 1.82) is 0 Å². The van der Waals surface area contributed by atoms with Gasteiger partial charge in [0.15, 0.2) is 4.80 Å². The average Bonchev–Trinajstić information content (AvgIpc) is 3.19. The molecule has 0 saturated carbocycles. The number of hydrogen-bond donors (Lipinski definition) is 0. The van der Waals surface area contributed by atoms with E-state index in [0.29, 0.717) is 16.9 Å². The van der Waals surface area contributed by atoms with Gasteiger partial charge in [0.1, 0.15) is 0 Å². The summed E-state index contributed by atoms with van der Waals surface area (Å²) in [5.74, 6) is -0.986. The standard InChI is InChI=1S/C25H25N3O5S2/c1-5-14-27(15-6-2)35(31,32)20-11-8-18(9-12-20)23(29)26-25-28(16-7-3)21-13-10-19(24(30)33-4)17-22(21)34-25/h5-13,17H,1-3,14-16H2,4H3. The lowest BCUT2D eigenvalue weighted by Gasteiger charge is -2.19. The third-order valence-corrected chi connectivity index (χ3v) is 7.90. The summed E-state index contributed by atoms with van der Waals surface area (Å²) in [5, 5.41) is 0. The molecule has 0 bridgehead atoms. The van der Waals surface area contributed by atoms with Crippen LogP contribution in [0, 0.1) is 0 Å². The number of sulfonamides is 1. The molecule has 2 aromatic carbocycles. The molecule has 0 aliphatic rings. The van der Waals surface area contributed by atoms with Gasteiger partial charge in [-0.25, -0.2) is 13.2 Å². The summed E-state index contributed by atoms with van der Waals surface area (Å²) < 4.78 is 34.3. The number of nitrogens with zero attached hydrogens (tertiary/aromatic N) is 3. The van der Waals surface area contributed by atoms with Gasteiger partial charge >= 0.3 is 5.97 Å². The number of ether oxygens (including phenoxy) is 1. The predicted molar refractivity (Wildman–Crippen MR) is 137 cm³/mol. The largest absolute Gasteiger partial charge is 0.465 e. The van der Waals surface area contributed by atoms with Crippen LogP contribution in [0.4, 0.5) is 0 Å². The highest BCUT2D eigenvalue weighted by atomic mass is 32.2. The number of rotatable bonds is 10. The molecular weight excluding hydrogens is 486 g/mol. The van der Waals surface area contributed by atoms with Gasteiger partial charge in [0.25, 0.3) is 5.91 Å². The zero-order valence-corrected chi connectivity index (χ0v) is 20.8. The summed E-state index contributed by atoms with van der Waals surface area (Å²) in [7, 11) is -2.46. The highest BCUT2D eigenvalue weighted by Gasteiger charge is 2.22. The SMILES string of the molecule is C=CCN(CC=C)S(=O)(=O)c1ccc(C(=O)N=c2sc3cc(C(=O)OC)ccc3n2CC=C)cc1. The Labute approximate surface area is 207 Å². The van der Waals surface area contributed by atoms with Gasteiger partial charge < -0.3 is 9.30 Å². The lowest BCUT2D eigenvalue weighted by Crippen LogP contribution is -2.31. The zero-order valence-electron chi connectivity index (χ0n) is 19.2. The third-order valence-electron chi connectivity index (χ3n) is 5.02. The Morgan fingerprint density at radius 1 is 1.03 bits per heavy atom. The van der Waals surface area contributed by atoms with E-state index in [1.54, 1.807) is 24.3 Å². The maximum atomic E-state index is 12.9. The number of aromatic nitrogens is 1. The summed E-state index contributed by atoms with van der Waals surface area (Å²) in [5.41, 5.74) is 1.42. The zero-order chi connectivity index (χ0) is 25.6. The number of allylic oxidation sites excluding steroid dienone is 1. The molecule has 0 aliphatic carbocycles. The second-order valence-corrected chi connectivity index (χ2v) is 10.2. The van der Waals surface area contributed by atoms with Gasteiger partial charge in [0, 0.05) is 25.2 Å². The highest BCUT2D eigenvalue weighted by Crippen LogP contribution is 2.21. The maximum absolute atomic E-state index is 12.9. The molecule has 0 radical (unpaired) electrons. The van der Waals surface area contributed by atoms with Gasteiger partial charge in [-0.05, 0) is 42.5 Å². The van der Waals surface area contributed by atoms with Crippen LogP contribution in [-0.2, 0) is 21.3 Å². The van der Waals surface area contributed by atoms with Gasteiger partial charge in [0.2, 0.25) is 10.0 Å². The topological polar surface area (TPSA) is 98.0 Å². The molecule has 1 aromatic heterocycles. The van der Waals surface area contributed by atoms with E-state index < -0.39 is 21.9 Å². The van der Waals surface area contributed by atoms with Gasteiger partial charge in [-0.3, -0.25) is 4.79 Å². The van der Waals surface area contributed by atoms with E-state index >= 15 is 0 Å². The minimum absolute atomic E-state index is 0.0525. The van der Waals surface area contributed by atoms with Crippen molar-refractivity contribution in [2.24, 2.45) is 4.99 Å². The van der Waals surface area contributed by atoms with Crippen molar-refractivity contribution in [1.82, 2.24) is 8.87 Å². The summed E-state index contributed by atoms with van der Waals surface area (Å²) in [6.45, 7) is 11.6. The van der Waals surface area contributed by atoms with E-state index in [1.165, 1.54) is 59.2 Å². The molecule has 1 heterocycles. The van der Waals surface area contributed by atoms with Crippen molar-refractivity contribution in [2.75, 3.05) is 20.2 Å². The van der Waals surface area contributed by atoms with Gasteiger partial charge in [-0.2, -0.15) is 9.30 Å². The molecule has 0 aliphatic heterocycles. The molecule has 3 aromatic rings. The van der Waals surface area contributed by atoms with Gasteiger partial charge in [-0.1, -0.05) is 29.6 Å². The lowest BCUT2D eigenvalue weighted by molar-refractivity contribution is 0.0600. The van der Waals surface area contributed by atoms with E-state index in [-0.39, 0.29) is 23.5 Å². The fourth-order valence-electron chi connectivity index (χ4n) is 3.34. The maximum Gasteiger partial charge on any atom is 0.337 e. The quantitative estimate of drug-likeness (QED) is 0.305. The third kappa shape index (κ3) is 5.56. The molecule has 0 spiro atoms. The second-order valence-electron chi connectivity index (χ2n) is 7.30. The Morgan fingerprint density at radius 2 is 1.66 bits per heavy atom. The average molecular weight is 512 g/mol. The van der Waals surface area contributed by atoms with Crippen LogP contribution >= 0.6 is 11.3 Å². The van der Waals surface area contributed by atoms with Crippen molar-refractivity contribution in [3.05, 3.63) is 96.4 Å². The number of esters is 1. The van der Waals surface area contributed by atoms with E-state index in [9.17, 15) is 18.0 Å². The number of benzene rings is 2. The van der Waals surface area contributed by atoms with Crippen LogP contribution in [-0.4, -0.2) is 49.4 Å². The summed E-state index contributed by atoms with van der Waals surface area (Å²) >= 11 is 1.25. The molecule has 0 N–H and O–H groups in total. The number of hydrogen-bond acceptors (Lipinski definition) is 6. The fraction of sp³-hybridized carbons (Fsp3) is 0.160. The molecule has 35 heavy (non-hydrogen) atoms. The van der Waals surface area contributed by atoms with Crippen LogP contribution in [0.25, 0.3) is 10.2 Å². The first-order valence-electron chi connectivity index (χ1n) is 10.5. The van der Waals surface area contributed by atoms with Gasteiger partial charge in [-0.15, -0.1) is 19.7 Å². The van der Waals surface area contributed by atoms with Crippen LogP contribution < -0.4 is 4.80 Å². The van der Waals surface area contributed by atoms with Crippen molar-refractivity contribution in [2.45, 2.75) is 11.4 Å². The number of carbonyl (C=O) groups excluding carboxylic acids is 2. The Kier molecular flexibility index (Phi) is 8.34. The molecule has 8 nitrogen and oxygen atoms in total. The lowest BCUT2D eigenvalue weighted by atomic mass is 10.2. The van der Waals surface area contributed by atoms with Crippen LogP contribution in [0.5, 0.6) is 0 Å². The number of thiazole rings is 1. The Balaban J connectivity index is 1.99. The molecule has 0 atom stereocenters. The first-order valence-corrected chi connectivity index (χ1v) is 12.8. The van der Waals surface area contributed by atoms with Crippen LogP contribution in [0.1, 0.15) is 20.7 Å². The Morgan fingerprint density at radius 3 is 2.23 bits per heavy atom. The van der Waals surface area contributed by atoms with Crippen LogP contribution in [0.3, 0.4) is 0 Å². The molecular formula is C25H25N3O5S2. The molecule has 0 saturated heterocycles. The first kappa shape index (κ1) is 26.0. The van der Waals surface area contributed by atoms with Crippen molar-refractivity contribution >= 4 is 43.5 Å². The monoisotopic (exact) mass is 511 g/mol. The molecule has 182 valence electrons. The number of fused-ring (bicyclic) bond motifs is 1. The van der Waals surface area contributed by atoms with E-state index in [0.717, 1.165) is 10.2 Å². The predicted octanol–water partition coefficient (Wildman–Crippen LogP) is 3.78. The molecule has 1 amide bonds. The molecule has 0 unspecified atom stereocenters. The van der Waals surface area contributed by atoms with Crippen LogP contribution in [0.2, 0.25) is 0 Å². The van der Waals surface area contributed by atoms with Crippen molar-refractivity contribution in [3.63, 3.8) is 0 Å². The van der Waals surface area contributed by atoms with Gasteiger partial charge in [0.05, 0.1) is 27.8 Å². The van der Waals surface area contributed by atoms with Crippen LogP contribution in [0.15, 0.2) is 90.3 Å². The fourth-order valence-corrected chi connectivity index (χ4v) is 5.80. The number of carbonyl (C=O) groups is 2. The Hall–Kier alpha value is -3.60. The highest BCUT2D eigenvalue weighted by molar-refractivity contribution is 7.89. The Bertz CT molecular complexity index is 1450. The second kappa shape index (κ2) is 11.2. The van der Waals surface area contributed by atoms with Crippen molar-refractivity contribution in [3.8, 4) is 0 Å². The molecule has 10 heteroatoms. The minimum Gasteiger partial charge on any atom is -0.465 e. The normalized spacial score (nSPS) is 12.0. The molecule has 3 rings (SSSR count). The summed E-state index contributed by atoms with van der Waals surface area (Å²) in [6.07, 6.45) is 4.67. The first-order chi connectivity index (χ1) is 16.8. The molecule has 0 fully saturated rings.